The highest BCUT2D eigenvalue weighted by Gasteiger charge is 2.39. The average Bonchev–Trinajstić information content (AvgIpc) is 3.13. The van der Waals surface area contributed by atoms with Crippen molar-refractivity contribution in [2.75, 3.05) is 0 Å². The number of rotatable bonds is 2. The van der Waals surface area contributed by atoms with Crippen LogP contribution in [0.15, 0.2) is 48.5 Å². The van der Waals surface area contributed by atoms with Gasteiger partial charge in [-0.15, -0.1) is 0 Å². The Morgan fingerprint density at radius 1 is 0.882 bits per heavy atom. The van der Waals surface area contributed by atoms with Gasteiger partial charge in [0.15, 0.2) is 0 Å². The summed E-state index contributed by atoms with van der Waals surface area (Å²) < 4.78 is 0. The van der Waals surface area contributed by atoms with Crippen LogP contribution >= 0.6 is 0 Å². The van der Waals surface area contributed by atoms with Crippen LogP contribution in [-0.2, 0) is 0 Å². The quantitative estimate of drug-likeness (QED) is 0.698. The Kier molecular flexibility index (Phi) is 2.51. The van der Waals surface area contributed by atoms with E-state index in [0.717, 1.165) is 11.8 Å². The molecule has 86 valence electrons. The van der Waals surface area contributed by atoms with Gasteiger partial charge in [0.2, 0.25) is 0 Å². The zero-order valence-electron chi connectivity index (χ0n) is 10.5. The van der Waals surface area contributed by atoms with Crippen LogP contribution in [0.2, 0.25) is 0 Å². The molecule has 2 aromatic carbocycles. The lowest BCUT2D eigenvalue weighted by molar-refractivity contribution is 1.01. The molecule has 3 rings (SSSR count). The van der Waals surface area contributed by atoms with Crippen molar-refractivity contribution >= 4 is 0 Å². The fraction of sp³-hybridized carbons (Fsp3) is 0.294. The lowest BCUT2D eigenvalue weighted by Crippen LogP contribution is -1.89. The minimum Gasteiger partial charge on any atom is -0.0622 e. The molecule has 1 fully saturated rings. The topological polar surface area (TPSA) is 0 Å². The minimum atomic E-state index is 0.747. The van der Waals surface area contributed by atoms with Crippen LogP contribution < -0.4 is 0 Å². The first kappa shape index (κ1) is 10.6. The molecule has 0 saturated heterocycles. The fourth-order valence-corrected chi connectivity index (χ4v) is 2.77. The van der Waals surface area contributed by atoms with Gasteiger partial charge in [0, 0.05) is 0 Å². The molecule has 1 saturated carbocycles. The summed E-state index contributed by atoms with van der Waals surface area (Å²) in [6, 6.07) is 17.7. The predicted octanol–water partition coefficient (Wildman–Crippen LogP) is 4.57. The van der Waals surface area contributed by atoms with Gasteiger partial charge in [0.1, 0.15) is 0 Å². The third-order valence-electron chi connectivity index (χ3n) is 3.85. The molecule has 0 N–H and O–H groups in total. The zero-order chi connectivity index (χ0) is 11.8. The monoisotopic (exact) mass is 222 g/mol. The van der Waals surface area contributed by atoms with Crippen LogP contribution in [-0.4, -0.2) is 0 Å². The van der Waals surface area contributed by atoms with Crippen LogP contribution in [0, 0.1) is 13.8 Å². The van der Waals surface area contributed by atoms with Crippen molar-refractivity contribution in [3.63, 3.8) is 0 Å². The lowest BCUT2D eigenvalue weighted by Gasteiger charge is -2.06. The Morgan fingerprint density at radius 2 is 1.65 bits per heavy atom. The van der Waals surface area contributed by atoms with Crippen molar-refractivity contribution < 1.29 is 0 Å². The van der Waals surface area contributed by atoms with Gasteiger partial charge in [-0.3, -0.25) is 0 Å². The molecule has 0 nitrogen and oxygen atoms in total. The van der Waals surface area contributed by atoms with Crippen molar-refractivity contribution in [2.45, 2.75) is 32.1 Å². The van der Waals surface area contributed by atoms with Crippen LogP contribution in [0.4, 0.5) is 0 Å². The Morgan fingerprint density at radius 3 is 2.41 bits per heavy atom. The third kappa shape index (κ3) is 2.00. The van der Waals surface area contributed by atoms with E-state index in [0.29, 0.717) is 0 Å². The molecule has 17 heavy (non-hydrogen) atoms. The number of hydrogen-bond donors (Lipinski definition) is 0. The molecule has 0 bridgehead atoms. The molecule has 0 spiro atoms. The van der Waals surface area contributed by atoms with E-state index < -0.39 is 0 Å². The van der Waals surface area contributed by atoms with Gasteiger partial charge in [0.25, 0.3) is 0 Å². The van der Waals surface area contributed by atoms with Crippen LogP contribution in [0.3, 0.4) is 0 Å². The van der Waals surface area contributed by atoms with Crippen molar-refractivity contribution in [2.24, 2.45) is 0 Å². The zero-order valence-corrected chi connectivity index (χ0v) is 10.5. The molecule has 0 heteroatoms. The summed E-state index contributed by atoms with van der Waals surface area (Å²) in [4.78, 5) is 0. The first-order chi connectivity index (χ1) is 8.25. The Balaban J connectivity index is 1.87. The van der Waals surface area contributed by atoms with E-state index in [1.807, 2.05) is 0 Å². The lowest BCUT2D eigenvalue weighted by atomic mass is 9.98. The summed E-state index contributed by atoms with van der Waals surface area (Å²) >= 11 is 0. The maximum absolute atomic E-state index is 2.36. The van der Waals surface area contributed by atoms with Gasteiger partial charge in [-0.1, -0.05) is 54.1 Å². The third-order valence-corrected chi connectivity index (χ3v) is 3.85. The number of benzene rings is 2. The second kappa shape index (κ2) is 4.03. The van der Waals surface area contributed by atoms with E-state index in [2.05, 4.69) is 62.4 Å². The Hall–Kier alpha value is -1.56. The summed E-state index contributed by atoms with van der Waals surface area (Å²) in [5, 5.41) is 0. The molecule has 0 aliphatic heterocycles. The molecule has 2 unspecified atom stereocenters. The van der Waals surface area contributed by atoms with E-state index in [1.165, 1.54) is 23.1 Å². The van der Waals surface area contributed by atoms with Gasteiger partial charge in [-0.05, 0) is 48.8 Å². The standard InChI is InChI=1S/C17H18/c1-12-8-9-13(2)15(10-12)17-11-16(17)14-6-4-3-5-7-14/h3-10,16-17H,11H2,1-2H3. The van der Waals surface area contributed by atoms with Crippen LogP contribution in [0.5, 0.6) is 0 Å². The molecule has 1 aliphatic rings. The smallest absolute Gasteiger partial charge is 0.00841 e. The van der Waals surface area contributed by atoms with Crippen molar-refractivity contribution in [3.05, 3.63) is 70.8 Å². The SMILES string of the molecule is Cc1ccc(C)c(C2CC2c2ccccc2)c1. The average molecular weight is 222 g/mol. The summed E-state index contributed by atoms with van der Waals surface area (Å²) in [5.74, 6) is 1.49. The fourth-order valence-electron chi connectivity index (χ4n) is 2.77. The highest BCUT2D eigenvalue weighted by atomic mass is 14.4. The van der Waals surface area contributed by atoms with Gasteiger partial charge in [-0.2, -0.15) is 0 Å². The summed E-state index contributed by atoms with van der Waals surface area (Å²) in [7, 11) is 0. The predicted molar refractivity (Wildman–Crippen MR) is 72.5 cm³/mol. The maximum atomic E-state index is 2.36. The molecule has 1 aliphatic carbocycles. The molecule has 0 radical (unpaired) electrons. The van der Waals surface area contributed by atoms with E-state index in [1.54, 1.807) is 5.56 Å². The summed E-state index contributed by atoms with van der Waals surface area (Å²) in [6.07, 6.45) is 1.31. The number of aryl methyl sites for hydroxylation is 2. The molecular formula is C17H18. The Bertz CT molecular complexity index is 525. The minimum absolute atomic E-state index is 0.747. The molecule has 0 heterocycles. The summed E-state index contributed by atoms with van der Waals surface area (Å²) in [5.41, 5.74) is 5.88. The summed E-state index contributed by atoms with van der Waals surface area (Å²) in [6.45, 7) is 4.41. The number of hydrogen-bond acceptors (Lipinski definition) is 0. The van der Waals surface area contributed by atoms with Gasteiger partial charge >= 0.3 is 0 Å². The first-order valence-electron chi connectivity index (χ1n) is 6.38. The van der Waals surface area contributed by atoms with Gasteiger partial charge in [0.05, 0.1) is 0 Å². The van der Waals surface area contributed by atoms with Gasteiger partial charge in [-0.25, -0.2) is 0 Å². The van der Waals surface area contributed by atoms with Crippen molar-refractivity contribution in [1.82, 2.24) is 0 Å². The van der Waals surface area contributed by atoms with E-state index >= 15 is 0 Å². The molecular weight excluding hydrogens is 204 g/mol. The van der Waals surface area contributed by atoms with E-state index in [4.69, 9.17) is 0 Å². The van der Waals surface area contributed by atoms with Crippen LogP contribution in [0.25, 0.3) is 0 Å². The van der Waals surface area contributed by atoms with E-state index in [9.17, 15) is 0 Å². The normalized spacial score (nSPS) is 22.5. The molecule has 2 aromatic rings. The molecule has 0 aromatic heterocycles. The van der Waals surface area contributed by atoms with Crippen LogP contribution in [0.1, 0.15) is 40.5 Å². The van der Waals surface area contributed by atoms with E-state index in [-0.39, 0.29) is 0 Å². The highest BCUT2D eigenvalue weighted by molar-refractivity contribution is 5.41. The molecule has 2 atom stereocenters. The maximum Gasteiger partial charge on any atom is -0.00841 e. The van der Waals surface area contributed by atoms with Gasteiger partial charge < -0.3 is 0 Å². The van der Waals surface area contributed by atoms with Crippen molar-refractivity contribution in [1.29, 1.82) is 0 Å². The van der Waals surface area contributed by atoms with Crippen molar-refractivity contribution in [3.8, 4) is 0 Å². The second-order valence-electron chi connectivity index (χ2n) is 5.22. The largest absolute Gasteiger partial charge is 0.0622 e. The second-order valence-corrected chi connectivity index (χ2v) is 5.22. The Labute approximate surface area is 103 Å². The molecule has 0 amide bonds. The first-order valence-corrected chi connectivity index (χ1v) is 6.38. The highest BCUT2D eigenvalue weighted by Crippen LogP contribution is 2.55.